The zero-order valence-corrected chi connectivity index (χ0v) is 17.1. The lowest BCUT2D eigenvalue weighted by molar-refractivity contribution is -0.116. The van der Waals surface area contributed by atoms with Gasteiger partial charge in [0.15, 0.2) is 0 Å². The van der Waals surface area contributed by atoms with E-state index in [-0.39, 0.29) is 5.91 Å². The van der Waals surface area contributed by atoms with Gasteiger partial charge in [0.2, 0.25) is 5.91 Å². The molecule has 3 nitrogen and oxygen atoms in total. The zero-order valence-electron chi connectivity index (χ0n) is 16.3. The van der Waals surface area contributed by atoms with Crippen LogP contribution in [0.5, 0.6) is 0 Å². The molecule has 1 aliphatic rings. The fourth-order valence-electron chi connectivity index (χ4n) is 3.24. The number of anilines is 1. The highest BCUT2D eigenvalue weighted by molar-refractivity contribution is 6.30. The molecule has 1 fully saturated rings. The molecule has 0 atom stereocenters. The summed E-state index contributed by atoms with van der Waals surface area (Å²) in [7, 11) is 0. The molecule has 0 spiro atoms. The van der Waals surface area contributed by atoms with Gasteiger partial charge in [0.05, 0.1) is 0 Å². The molecule has 4 heteroatoms. The Labute approximate surface area is 177 Å². The van der Waals surface area contributed by atoms with E-state index in [4.69, 9.17) is 11.6 Å². The normalized spacial score (nSPS) is 13.3. The Balaban J connectivity index is 1.25. The second-order valence-corrected chi connectivity index (χ2v) is 8.04. The molecular weight excluding hydrogens is 380 g/mol. The summed E-state index contributed by atoms with van der Waals surface area (Å²) in [4.78, 5) is 12.3. The van der Waals surface area contributed by atoms with Crippen LogP contribution in [0.3, 0.4) is 0 Å². The standard InChI is InChI=1S/C25H25ClN2O/c26-22-10-6-20(7-11-22)21-8-12-24(13-9-21)28-25(29)16-5-18-1-3-19(4-2-18)17-27-23-14-15-23/h1-4,6-13,23,27H,5,14-17H2,(H,28,29). The van der Waals surface area contributed by atoms with Gasteiger partial charge in [-0.15, -0.1) is 0 Å². The minimum absolute atomic E-state index is 0.0312. The molecule has 0 radical (unpaired) electrons. The molecule has 3 aromatic rings. The number of hydrogen-bond donors (Lipinski definition) is 2. The van der Waals surface area contributed by atoms with Crippen molar-refractivity contribution in [2.24, 2.45) is 0 Å². The number of amides is 1. The van der Waals surface area contributed by atoms with Crippen molar-refractivity contribution in [2.75, 3.05) is 5.32 Å². The first-order valence-corrected chi connectivity index (χ1v) is 10.5. The van der Waals surface area contributed by atoms with Crippen molar-refractivity contribution in [3.8, 4) is 11.1 Å². The van der Waals surface area contributed by atoms with Crippen molar-refractivity contribution in [3.05, 3.63) is 88.9 Å². The Morgan fingerprint density at radius 1 is 0.828 bits per heavy atom. The van der Waals surface area contributed by atoms with Crippen LogP contribution in [0.15, 0.2) is 72.8 Å². The van der Waals surface area contributed by atoms with Crippen molar-refractivity contribution in [1.29, 1.82) is 0 Å². The first-order chi connectivity index (χ1) is 14.2. The maximum absolute atomic E-state index is 12.3. The molecule has 1 amide bonds. The van der Waals surface area contributed by atoms with E-state index in [1.165, 1.54) is 24.0 Å². The van der Waals surface area contributed by atoms with Gasteiger partial charge < -0.3 is 10.6 Å². The smallest absolute Gasteiger partial charge is 0.224 e. The van der Waals surface area contributed by atoms with Gasteiger partial charge in [-0.2, -0.15) is 0 Å². The monoisotopic (exact) mass is 404 g/mol. The number of hydrogen-bond acceptors (Lipinski definition) is 2. The summed E-state index contributed by atoms with van der Waals surface area (Å²) in [5, 5.41) is 7.22. The van der Waals surface area contributed by atoms with Crippen LogP contribution in [0.25, 0.3) is 11.1 Å². The summed E-state index contributed by atoms with van der Waals surface area (Å²) >= 11 is 5.94. The zero-order chi connectivity index (χ0) is 20.1. The predicted molar refractivity (Wildman–Crippen MR) is 120 cm³/mol. The highest BCUT2D eigenvalue weighted by Gasteiger charge is 2.19. The van der Waals surface area contributed by atoms with Crippen LogP contribution in [-0.4, -0.2) is 11.9 Å². The Morgan fingerprint density at radius 2 is 1.41 bits per heavy atom. The van der Waals surface area contributed by atoms with E-state index < -0.39 is 0 Å². The van der Waals surface area contributed by atoms with Crippen LogP contribution in [-0.2, 0) is 17.8 Å². The number of benzene rings is 3. The Hall–Kier alpha value is -2.62. The second kappa shape index (κ2) is 9.25. The molecule has 148 valence electrons. The van der Waals surface area contributed by atoms with Gasteiger partial charge in [-0.1, -0.05) is 60.1 Å². The number of halogens is 1. The first kappa shape index (κ1) is 19.7. The van der Waals surface area contributed by atoms with Crippen molar-refractivity contribution >= 4 is 23.2 Å². The van der Waals surface area contributed by atoms with E-state index in [1.54, 1.807) is 0 Å². The SMILES string of the molecule is O=C(CCc1ccc(CNC2CC2)cc1)Nc1ccc(-c2ccc(Cl)cc2)cc1. The maximum Gasteiger partial charge on any atom is 0.224 e. The third-order valence-corrected chi connectivity index (χ3v) is 5.43. The molecule has 0 aliphatic heterocycles. The maximum atomic E-state index is 12.3. The van der Waals surface area contributed by atoms with Crippen LogP contribution in [0.4, 0.5) is 5.69 Å². The largest absolute Gasteiger partial charge is 0.326 e. The molecule has 0 aromatic heterocycles. The highest BCUT2D eigenvalue weighted by Crippen LogP contribution is 2.23. The van der Waals surface area contributed by atoms with E-state index >= 15 is 0 Å². The van der Waals surface area contributed by atoms with Crippen LogP contribution in [0.2, 0.25) is 5.02 Å². The Kier molecular flexibility index (Phi) is 6.28. The lowest BCUT2D eigenvalue weighted by Gasteiger charge is -2.08. The van der Waals surface area contributed by atoms with Gasteiger partial charge in [0.25, 0.3) is 0 Å². The fourth-order valence-corrected chi connectivity index (χ4v) is 3.37. The van der Waals surface area contributed by atoms with E-state index in [2.05, 4.69) is 34.9 Å². The third kappa shape index (κ3) is 5.93. The average molecular weight is 405 g/mol. The average Bonchev–Trinajstić information content (AvgIpc) is 3.57. The predicted octanol–water partition coefficient (Wildman–Crippen LogP) is 5.83. The topological polar surface area (TPSA) is 41.1 Å². The molecule has 2 N–H and O–H groups in total. The van der Waals surface area contributed by atoms with Gasteiger partial charge >= 0.3 is 0 Å². The fraction of sp³-hybridized carbons (Fsp3) is 0.240. The van der Waals surface area contributed by atoms with Crippen molar-refractivity contribution in [2.45, 2.75) is 38.3 Å². The second-order valence-electron chi connectivity index (χ2n) is 7.60. The number of nitrogens with one attached hydrogen (secondary N) is 2. The van der Waals surface area contributed by atoms with Gasteiger partial charge in [-0.25, -0.2) is 0 Å². The van der Waals surface area contributed by atoms with Crippen molar-refractivity contribution < 1.29 is 4.79 Å². The molecule has 29 heavy (non-hydrogen) atoms. The van der Waals surface area contributed by atoms with Crippen LogP contribution in [0, 0.1) is 0 Å². The molecule has 0 unspecified atom stereocenters. The van der Waals surface area contributed by atoms with Crippen LogP contribution >= 0.6 is 11.6 Å². The number of carbonyl (C=O) groups is 1. The molecule has 3 aromatic carbocycles. The van der Waals surface area contributed by atoms with E-state index in [1.807, 2.05) is 48.5 Å². The minimum atomic E-state index is 0.0312. The van der Waals surface area contributed by atoms with Gasteiger partial charge in [-0.05, 0) is 65.8 Å². The molecule has 0 saturated heterocycles. The molecule has 0 bridgehead atoms. The quantitative estimate of drug-likeness (QED) is 0.495. The van der Waals surface area contributed by atoms with E-state index in [0.29, 0.717) is 6.42 Å². The lowest BCUT2D eigenvalue weighted by Crippen LogP contribution is -2.15. The molecular formula is C25H25ClN2O. The molecule has 1 aliphatic carbocycles. The molecule has 4 rings (SSSR count). The van der Waals surface area contributed by atoms with Gasteiger partial charge in [0, 0.05) is 29.7 Å². The Morgan fingerprint density at radius 3 is 2.03 bits per heavy atom. The third-order valence-electron chi connectivity index (χ3n) is 5.18. The first-order valence-electron chi connectivity index (χ1n) is 10.1. The van der Waals surface area contributed by atoms with Crippen molar-refractivity contribution in [1.82, 2.24) is 5.32 Å². The van der Waals surface area contributed by atoms with Crippen LogP contribution < -0.4 is 10.6 Å². The summed E-state index contributed by atoms with van der Waals surface area (Å²) in [6.07, 6.45) is 3.82. The number of rotatable bonds is 8. The van der Waals surface area contributed by atoms with E-state index in [0.717, 1.165) is 40.8 Å². The highest BCUT2D eigenvalue weighted by atomic mass is 35.5. The van der Waals surface area contributed by atoms with Gasteiger partial charge in [-0.3, -0.25) is 4.79 Å². The summed E-state index contributed by atoms with van der Waals surface area (Å²) in [5.41, 5.74) is 5.49. The summed E-state index contributed by atoms with van der Waals surface area (Å²) in [6.45, 7) is 0.928. The molecule has 0 heterocycles. The lowest BCUT2D eigenvalue weighted by atomic mass is 10.1. The van der Waals surface area contributed by atoms with E-state index in [9.17, 15) is 4.79 Å². The van der Waals surface area contributed by atoms with Crippen molar-refractivity contribution in [3.63, 3.8) is 0 Å². The summed E-state index contributed by atoms with van der Waals surface area (Å²) in [5.74, 6) is 0.0312. The number of aryl methyl sites for hydroxylation is 1. The van der Waals surface area contributed by atoms with Gasteiger partial charge in [0.1, 0.15) is 0 Å². The minimum Gasteiger partial charge on any atom is -0.326 e. The molecule has 1 saturated carbocycles. The summed E-state index contributed by atoms with van der Waals surface area (Å²) < 4.78 is 0. The van der Waals surface area contributed by atoms with Crippen LogP contribution in [0.1, 0.15) is 30.4 Å². The Bertz CT molecular complexity index is 946. The summed E-state index contributed by atoms with van der Waals surface area (Å²) in [6, 6.07) is 24.9. The number of carbonyl (C=O) groups excluding carboxylic acids is 1.